The van der Waals surface area contributed by atoms with Crippen LogP contribution in [0.4, 0.5) is 11.4 Å². The van der Waals surface area contributed by atoms with Crippen molar-refractivity contribution in [3.05, 3.63) is 95.1 Å². The van der Waals surface area contributed by atoms with Crippen LogP contribution in [0, 0.1) is 6.92 Å². The Labute approximate surface area is 177 Å². The molecule has 0 saturated carbocycles. The number of para-hydroxylation sites is 1. The number of aryl methyl sites for hydroxylation is 3. The van der Waals surface area contributed by atoms with Gasteiger partial charge in [0.1, 0.15) is 0 Å². The van der Waals surface area contributed by atoms with Crippen LogP contribution >= 0.6 is 0 Å². The Morgan fingerprint density at radius 1 is 0.967 bits per heavy atom. The van der Waals surface area contributed by atoms with Crippen LogP contribution in [0.5, 0.6) is 0 Å². The second-order valence-electron chi connectivity index (χ2n) is 7.76. The molecule has 0 aliphatic carbocycles. The van der Waals surface area contributed by atoms with Gasteiger partial charge in [-0.3, -0.25) is 9.59 Å². The lowest BCUT2D eigenvalue weighted by Gasteiger charge is -2.31. The second-order valence-corrected chi connectivity index (χ2v) is 7.76. The van der Waals surface area contributed by atoms with Crippen LogP contribution in [0.15, 0.2) is 72.8 Å². The predicted molar refractivity (Wildman–Crippen MR) is 121 cm³/mol. The summed E-state index contributed by atoms with van der Waals surface area (Å²) in [5.41, 5.74) is 5.75. The number of carbonyl (C=O) groups is 2. The fraction of sp³-hybridized carbons (Fsp3) is 0.231. The molecular formula is C26H26N2O2. The smallest absolute Gasteiger partial charge is 0.258 e. The Balaban J connectivity index is 1.46. The summed E-state index contributed by atoms with van der Waals surface area (Å²) in [5, 5.41) is 2.93. The minimum Gasteiger partial charge on any atom is -0.326 e. The second kappa shape index (κ2) is 8.95. The summed E-state index contributed by atoms with van der Waals surface area (Å²) >= 11 is 0. The van der Waals surface area contributed by atoms with Crippen molar-refractivity contribution < 1.29 is 9.59 Å². The highest BCUT2D eigenvalue weighted by molar-refractivity contribution is 6.08. The molecule has 0 spiro atoms. The molecule has 1 aliphatic rings. The zero-order chi connectivity index (χ0) is 20.9. The highest BCUT2D eigenvalue weighted by atomic mass is 16.2. The highest BCUT2D eigenvalue weighted by Gasteiger charge is 2.25. The first-order valence-corrected chi connectivity index (χ1v) is 10.5. The van der Waals surface area contributed by atoms with Gasteiger partial charge in [-0.2, -0.15) is 0 Å². The van der Waals surface area contributed by atoms with Gasteiger partial charge in [-0.1, -0.05) is 54.6 Å². The van der Waals surface area contributed by atoms with Gasteiger partial charge in [0.2, 0.25) is 5.91 Å². The number of anilines is 2. The molecule has 0 aromatic heterocycles. The molecule has 3 aromatic carbocycles. The Morgan fingerprint density at radius 3 is 2.60 bits per heavy atom. The first-order valence-electron chi connectivity index (χ1n) is 10.5. The summed E-state index contributed by atoms with van der Waals surface area (Å²) in [6.07, 6.45) is 3.05. The van der Waals surface area contributed by atoms with Crippen molar-refractivity contribution in [1.29, 1.82) is 0 Å². The zero-order valence-corrected chi connectivity index (χ0v) is 17.2. The summed E-state index contributed by atoms with van der Waals surface area (Å²) in [7, 11) is 0. The van der Waals surface area contributed by atoms with Crippen LogP contribution in [0.3, 0.4) is 0 Å². The van der Waals surface area contributed by atoms with Crippen molar-refractivity contribution in [1.82, 2.24) is 0 Å². The molecule has 0 radical (unpaired) electrons. The number of amides is 2. The van der Waals surface area contributed by atoms with Crippen molar-refractivity contribution in [2.24, 2.45) is 0 Å². The zero-order valence-electron chi connectivity index (χ0n) is 17.2. The van der Waals surface area contributed by atoms with Crippen molar-refractivity contribution in [3.63, 3.8) is 0 Å². The van der Waals surface area contributed by atoms with E-state index in [1.54, 1.807) is 6.07 Å². The number of hydrogen-bond donors (Lipinski definition) is 1. The minimum absolute atomic E-state index is 0.0226. The van der Waals surface area contributed by atoms with E-state index in [1.807, 2.05) is 72.5 Å². The van der Waals surface area contributed by atoms with E-state index in [1.165, 1.54) is 5.56 Å². The molecule has 0 unspecified atom stereocenters. The predicted octanol–water partition coefficient (Wildman–Crippen LogP) is 5.16. The van der Waals surface area contributed by atoms with Gasteiger partial charge < -0.3 is 10.2 Å². The molecule has 1 heterocycles. The lowest BCUT2D eigenvalue weighted by molar-refractivity contribution is -0.116. The van der Waals surface area contributed by atoms with Crippen LogP contribution in [0.1, 0.15) is 39.9 Å². The summed E-state index contributed by atoms with van der Waals surface area (Å²) < 4.78 is 0. The Hall–Kier alpha value is -3.40. The normalized spacial score (nSPS) is 12.9. The van der Waals surface area contributed by atoms with E-state index >= 15 is 0 Å². The number of hydrogen-bond acceptors (Lipinski definition) is 2. The Kier molecular flexibility index (Phi) is 5.94. The lowest BCUT2D eigenvalue weighted by atomic mass is 9.97. The summed E-state index contributed by atoms with van der Waals surface area (Å²) in [6, 6.07) is 23.4. The largest absolute Gasteiger partial charge is 0.326 e. The van der Waals surface area contributed by atoms with Gasteiger partial charge >= 0.3 is 0 Å². The van der Waals surface area contributed by atoms with Gasteiger partial charge in [-0.05, 0) is 61.1 Å². The molecule has 30 heavy (non-hydrogen) atoms. The molecule has 0 bridgehead atoms. The summed E-state index contributed by atoms with van der Waals surface area (Å²) in [5.74, 6) is -0.0757. The van der Waals surface area contributed by atoms with E-state index in [0.29, 0.717) is 30.6 Å². The molecular weight excluding hydrogens is 372 g/mol. The molecule has 2 amide bonds. The lowest BCUT2D eigenvalue weighted by Crippen LogP contribution is -2.36. The molecule has 4 heteroatoms. The van der Waals surface area contributed by atoms with Crippen molar-refractivity contribution in [3.8, 4) is 0 Å². The topological polar surface area (TPSA) is 49.4 Å². The summed E-state index contributed by atoms with van der Waals surface area (Å²) in [6.45, 7) is 2.76. The van der Waals surface area contributed by atoms with E-state index in [4.69, 9.17) is 0 Å². The number of rotatable bonds is 5. The average Bonchev–Trinajstić information content (AvgIpc) is 2.78. The van der Waals surface area contributed by atoms with Crippen molar-refractivity contribution in [2.45, 2.75) is 32.6 Å². The molecule has 4 nitrogen and oxygen atoms in total. The Morgan fingerprint density at radius 2 is 1.77 bits per heavy atom. The number of fused-ring (bicyclic) bond motifs is 1. The Bertz CT molecular complexity index is 1060. The monoisotopic (exact) mass is 398 g/mol. The molecule has 0 fully saturated rings. The maximum atomic E-state index is 13.3. The third-order valence-corrected chi connectivity index (χ3v) is 5.54. The van der Waals surface area contributed by atoms with Crippen molar-refractivity contribution in [2.75, 3.05) is 16.8 Å². The van der Waals surface area contributed by atoms with Crippen LogP contribution in [0.25, 0.3) is 0 Å². The van der Waals surface area contributed by atoms with Crippen LogP contribution < -0.4 is 10.2 Å². The average molecular weight is 399 g/mol. The number of benzene rings is 3. The van der Waals surface area contributed by atoms with E-state index < -0.39 is 0 Å². The van der Waals surface area contributed by atoms with Gasteiger partial charge in [-0.25, -0.2) is 0 Å². The molecule has 0 atom stereocenters. The van der Waals surface area contributed by atoms with Crippen molar-refractivity contribution >= 4 is 23.2 Å². The number of carbonyl (C=O) groups excluding carboxylic acids is 2. The van der Waals surface area contributed by atoms with E-state index in [9.17, 15) is 9.59 Å². The maximum Gasteiger partial charge on any atom is 0.258 e. The van der Waals surface area contributed by atoms with Crippen LogP contribution in [-0.4, -0.2) is 18.4 Å². The number of nitrogens with one attached hydrogen (secondary N) is 1. The van der Waals surface area contributed by atoms with Gasteiger partial charge in [0.15, 0.2) is 0 Å². The van der Waals surface area contributed by atoms with Gasteiger partial charge in [0.05, 0.1) is 5.69 Å². The number of nitrogens with zero attached hydrogens (tertiary/aromatic N) is 1. The first-order chi connectivity index (χ1) is 14.6. The molecule has 152 valence electrons. The van der Waals surface area contributed by atoms with E-state index in [-0.39, 0.29) is 11.8 Å². The molecule has 4 rings (SSSR count). The van der Waals surface area contributed by atoms with E-state index in [2.05, 4.69) is 11.4 Å². The van der Waals surface area contributed by atoms with Crippen LogP contribution in [0.2, 0.25) is 0 Å². The highest BCUT2D eigenvalue weighted by Crippen LogP contribution is 2.31. The maximum absolute atomic E-state index is 13.3. The third kappa shape index (κ3) is 4.43. The fourth-order valence-electron chi connectivity index (χ4n) is 4.06. The standard InChI is InChI=1S/C26H26N2O2/c1-19-8-5-11-21-13-7-17-28(25(19)21)26(30)22-12-6-14-23(18-22)27-24(29)16-15-20-9-3-2-4-10-20/h2-6,8-12,14,18H,7,13,15-17H2,1H3,(H,27,29). The minimum atomic E-state index is -0.0531. The first kappa shape index (κ1) is 19.9. The molecule has 1 aliphatic heterocycles. The van der Waals surface area contributed by atoms with Crippen LogP contribution in [-0.2, 0) is 17.6 Å². The molecule has 0 saturated heterocycles. The summed E-state index contributed by atoms with van der Waals surface area (Å²) in [4.78, 5) is 27.5. The molecule has 1 N–H and O–H groups in total. The third-order valence-electron chi connectivity index (χ3n) is 5.54. The fourth-order valence-corrected chi connectivity index (χ4v) is 4.06. The van der Waals surface area contributed by atoms with Gasteiger partial charge in [0.25, 0.3) is 5.91 Å². The molecule has 3 aromatic rings. The quantitative estimate of drug-likeness (QED) is 0.645. The van der Waals surface area contributed by atoms with Gasteiger partial charge in [-0.15, -0.1) is 0 Å². The SMILES string of the molecule is Cc1cccc2c1N(C(=O)c1cccc(NC(=O)CCc3ccccc3)c1)CCC2. The van der Waals surface area contributed by atoms with E-state index in [0.717, 1.165) is 29.7 Å². The van der Waals surface area contributed by atoms with Gasteiger partial charge in [0, 0.05) is 24.2 Å².